The van der Waals surface area contributed by atoms with Gasteiger partial charge in [-0.2, -0.15) is 0 Å². The van der Waals surface area contributed by atoms with Crippen LogP contribution in [0.1, 0.15) is 35.3 Å². The van der Waals surface area contributed by atoms with Crippen LogP contribution < -0.4 is 5.32 Å². The summed E-state index contributed by atoms with van der Waals surface area (Å²) in [5.74, 6) is 0.703. The summed E-state index contributed by atoms with van der Waals surface area (Å²) < 4.78 is 0. The first-order chi connectivity index (χ1) is 13.0. The number of nitrogens with zero attached hydrogens (tertiary/aromatic N) is 2. The molecule has 0 spiro atoms. The van der Waals surface area contributed by atoms with Gasteiger partial charge >= 0.3 is 0 Å². The lowest BCUT2D eigenvalue weighted by atomic mass is 10.0. The molecule has 1 aromatic heterocycles. The van der Waals surface area contributed by atoms with Crippen LogP contribution in [0.5, 0.6) is 0 Å². The average molecular weight is 384 g/mol. The molecule has 0 aliphatic carbocycles. The smallest absolute Gasteiger partial charge is 0.255 e. The lowest BCUT2D eigenvalue weighted by molar-refractivity contribution is -0.125. The minimum atomic E-state index is -0.462. The highest BCUT2D eigenvalue weighted by atomic mass is 32.2. The van der Waals surface area contributed by atoms with Gasteiger partial charge in [-0.05, 0) is 42.2 Å². The Labute approximate surface area is 164 Å². The van der Waals surface area contributed by atoms with Crippen molar-refractivity contribution in [3.05, 3.63) is 65.5 Å². The van der Waals surface area contributed by atoms with Crippen molar-refractivity contribution in [1.82, 2.24) is 15.2 Å². The van der Waals surface area contributed by atoms with Gasteiger partial charge in [0.1, 0.15) is 6.04 Å². The van der Waals surface area contributed by atoms with Crippen LogP contribution in [0.25, 0.3) is 0 Å². The normalized spacial score (nSPS) is 19.3. The Morgan fingerprint density at radius 2 is 1.93 bits per heavy atom. The van der Waals surface area contributed by atoms with Gasteiger partial charge in [0.15, 0.2) is 0 Å². The zero-order valence-electron chi connectivity index (χ0n) is 15.9. The molecule has 3 rings (SSSR count). The molecule has 1 aromatic carbocycles. The second-order valence-electron chi connectivity index (χ2n) is 7.08. The minimum absolute atomic E-state index is 0.00576. The molecule has 2 amide bonds. The monoisotopic (exact) mass is 383 g/mol. The van der Waals surface area contributed by atoms with Crippen LogP contribution in [0.15, 0.2) is 48.8 Å². The predicted octanol–water partition coefficient (Wildman–Crippen LogP) is 3.25. The van der Waals surface area contributed by atoms with Crippen molar-refractivity contribution in [2.45, 2.75) is 38.7 Å². The van der Waals surface area contributed by atoms with Crippen LogP contribution in [0, 0.1) is 12.8 Å². The van der Waals surface area contributed by atoms with Crippen LogP contribution >= 0.6 is 11.8 Å². The zero-order valence-corrected chi connectivity index (χ0v) is 16.7. The number of amides is 2. The Morgan fingerprint density at radius 1 is 1.22 bits per heavy atom. The van der Waals surface area contributed by atoms with Gasteiger partial charge in [0.05, 0.1) is 5.37 Å². The molecule has 2 heterocycles. The van der Waals surface area contributed by atoms with Crippen LogP contribution in [-0.2, 0) is 11.3 Å². The first-order valence-corrected chi connectivity index (χ1v) is 10.2. The van der Waals surface area contributed by atoms with Gasteiger partial charge in [0.2, 0.25) is 5.91 Å². The Balaban J connectivity index is 1.79. The number of carbonyl (C=O) groups is 2. The van der Waals surface area contributed by atoms with E-state index in [0.29, 0.717) is 17.9 Å². The van der Waals surface area contributed by atoms with Gasteiger partial charge in [-0.25, -0.2) is 0 Å². The molecule has 1 aliphatic heterocycles. The molecule has 1 aliphatic rings. The predicted molar refractivity (Wildman–Crippen MR) is 108 cm³/mol. The van der Waals surface area contributed by atoms with E-state index < -0.39 is 6.04 Å². The van der Waals surface area contributed by atoms with Crippen molar-refractivity contribution < 1.29 is 9.59 Å². The number of nitrogens with one attached hydrogen (secondary N) is 1. The van der Waals surface area contributed by atoms with Crippen LogP contribution in [0.2, 0.25) is 0 Å². The van der Waals surface area contributed by atoms with Gasteiger partial charge in [-0.3, -0.25) is 14.6 Å². The lowest BCUT2D eigenvalue weighted by Gasteiger charge is -2.31. The number of aromatic nitrogens is 1. The molecule has 1 saturated heterocycles. The van der Waals surface area contributed by atoms with E-state index in [-0.39, 0.29) is 23.1 Å². The van der Waals surface area contributed by atoms with E-state index in [1.54, 1.807) is 29.1 Å². The van der Waals surface area contributed by atoms with Gasteiger partial charge in [0.25, 0.3) is 5.91 Å². The van der Waals surface area contributed by atoms with Crippen molar-refractivity contribution in [3.63, 3.8) is 0 Å². The molecular formula is C21H25N3O2S. The summed E-state index contributed by atoms with van der Waals surface area (Å²) >= 11 is 1.68. The molecule has 2 aromatic rings. The second kappa shape index (κ2) is 8.57. The quantitative estimate of drug-likeness (QED) is 0.861. The Bertz CT molecular complexity index is 810. The summed E-state index contributed by atoms with van der Waals surface area (Å²) in [5.41, 5.74) is 2.58. The van der Waals surface area contributed by atoms with Crippen molar-refractivity contribution in [1.29, 1.82) is 0 Å². The summed E-state index contributed by atoms with van der Waals surface area (Å²) in [6.07, 6.45) is 3.41. The summed E-state index contributed by atoms with van der Waals surface area (Å²) in [5, 5.41) is 2.97. The third-order valence-corrected chi connectivity index (χ3v) is 6.36. The highest BCUT2D eigenvalue weighted by molar-refractivity contribution is 8.00. The number of hydrogen-bond acceptors (Lipinski definition) is 4. The van der Waals surface area contributed by atoms with Gasteiger partial charge in [-0.1, -0.05) is 32.0 Å². The van der Waals surface area contributed by atoms with E-state index in [9.17, 15) is 9.59 Å². The summed E-state index contributed by atoms with van der Waals surface area (Å²) in [6.45, 7) is 6.54. The van der Waals surface area contributed by atoms with E-state index in [2.05, 4.69) is 24.1 Å². The van der Waals surface area contributed by atoms with Crippen molar-refractivity contribution in [2.75, 3.05) is 5.75 Å². The summed E-state index contributed by atoms with van der Waals surface area (Å²) in [6, 6.07) is 10.8. The molecule has 0 saturated carbocycles. The Hall–Kier alpha value is -2.34. The standard InChI is InChI=1S/C21H25N3O2S/c1-14(2)21-24(20(26)17-7-5-4-6-15(17)3)18(13-27-21)19(25)23-12-16-8-10-22-11-9-16/h4-11,14,18,21H,12-13H2,1-3H3,(H,23,25). The average Bonchev–Trinajstić information content (AvgIpc) is 3.12. The maximum atomic E-state index is 13.3. The van der Waals surface area contributed by atoms with Gasteiger partial charge < -0.3 is 10.2 Å². The molecule has 1 fully saturated rings. The summed E-state index contributed by atoms with van der Waals surface area (Å²) in [4.78, 5) is 31.9. The van der Waals surface area contributed by atoms with Crippen molar-refractivity contribution in [2.24, 2.45) is 5.92 Å². The number of thioether (sulfide) groups is 1. The highest BCUT2D eigenvalue weighted by Gasteiger charge is 2.43. The first-order valence-electron chi connectivity index (χ1n) is 9.15. The number of benzene rings is 1. The third-order valence-electron chi connectivity index (χ3n) is 4.73. The zero-order chi connectivity index (χ0) is 19.4. The molecule has 142 valence electrons. The van der Waals surface area contributed by atoms with E-state index in [1.807, 2.05) is 43.3 Å². The largest absolute Gasteiger partial charge is 0.350 e. The fraction of sp³-hybridized carbons (Fsp3) is 0.381. The minimum Gasteiger partial charge on any atom is -0.350 e. The maximum absolute atomic E-state index is 13.3. The molecule has 0 radical (unpaired) electrons. The lowest BCUT2D eigenvalue weighted by Crippen LogP contribution is -2.50. The third kappa shape index (κ3) is 4.33. The fourth-order valence-electron chi connectivity index (χ4n) is 3.26. The second-order valence-corrected chi connectivity index (χ2v) is 8.23. The Morgan fingerprint density at radius 3 is 2.59 bits per heavy atom. The molecule has 0 bridgehead atoms. The van der Waals surface area contributed by atoms with E-state index in [0.717, 1.165) is 11.1 Å². The molecule has 27 heavy (non-hydrogen) atoms. The van der Waals surface area contributed by atoms with Gasteiger partial charge in [0, 0.05) is 30.3 Å². The number of carbonyl (C=O) groups excluding carboxylic acids is 2. The number of pyridine rings is 1. The molecule has 1 N–H and O–H groups in total. The van der Waals surface area contributed by atoms with Gasteiger partial charge in [-0.15, -0.1) is 11.8 Å². The molecule has 5 nitrogen and oxygen atoms in total. The first kappa shape index (κ1) is 19.4. The van der Waals surface area contributed by atoms with Crippen LogP contribution in [0.3, 0.4) is 0 Å². The molecule has 2 atom stereocenters. The SMILES string of the molecule is Cc1ccccc1C(=O)N1C(C(=O)NCc2ccncc2)CSC1C(C)C. The topological polar surface area (TPSA) is 62.3 Å². The Kier molecular flexibility index (Phi) is 6.16. The summed E-state index contributed by atoms with van der Waals surface area (Å²) in [7, 11) is 0. The van der Waals surface area contributed by atoms with Crippen molar-refractivity contribution >= 4 is 23.6 Å². The fourth-order valence-corrected chi connectivity index (χ4v) is 4.74. The molecule has 2 unspecified atom stereocenters. The van der Waals surface area contributed by atoms with Crippen molar-refractivity contribution in [3.8, 4) is 0 Å². The van der Waals surface area contributed by atoms with E-state index in [4.69, 9.17) is 0 Å². The molecular weight excluding hydrogens is 358 g/mol. The highest BCUT2D eigenvalue weighted by Crippen LogP contribution is 2.35. The van der Waals surface area contributed by atoms with Crippen LogP contribution in [-0.4, -0.2) is 38.9 Å². The number of hydrogen-bond donors (Lipinski definition) is 1. The van der Waals surface area contributed by atoms with Crippen LogP contribution in [0.4, 0.5) is 0 Å². The maximum Gasteiger partial charge on any atom is 0.255 e. The molecule has 6 heteroatoms. The number of rotatable bonds is 5. The van der Waals surface area contributed by atoms with E-state index >= 15 is 0 Å². The number of aryl methyl sites for hydroxylation is 1. The van der Waals surface area contributed by atoms with E-state index in [1.165, 1.54) is 0 Å².